The summed E-state index contributed by atoms with van der Waals surface area (Å²) in [6, 6.07) is 4.83. The molecule has 0 aromatic carbocycles. The largest absolute Gasteiger partial charge is 0.377 e. The quantitative estimate of drug-likeness (QED) is 0.799. The second-order valence-corrected chi connectivity index (χ2v) is 6.16. The van der Waals surface area contributed by atoms with Crippen LogP contribution < -0.4 is 5.32 Å². The van der Waals surface area contributed by atoms with Gasteiger partial charge in [-0.3, -0.25) is 9.88 Å². The van der Waals surface area contributed by atoms with Crippen LogP contribution in [0.4, 0.5) is 0 Å². The Bertz CT molecular complexity index is 399. The Hall–Kier alpha value is -0.970. The van der Waals surface area contributed by atoms with Crippen molar-refractivity contribution in [1.29, 1.82) is 0 Å². The minimum atomic E-state index is 0.416. The molecule has 2 rings (SSSR count). The van der Waals surface area contributed by atoms with Crippen molar-refractivity contribution in [3.05, 3.63) is 29.6 Å². The molecule has 0 bridgehead atoms. The number of ether oxygens (including phenoxy) is 1. The van der Waals surface area contributed by atoms with Crippen LogP contribution in [-0.4, -0.2) is 41.7 Å². The van der Waals surface area contributed by atoms with Crippen LogP contribution in [0.3, 0.4) is 0 Å². The third kappa shape index (κ3) is 5.73. The molecule has 4 nitrogen and oxygen atoms in total. The van der Waals surface area contributed by atoms with Gasteiger partial charge in [-0.1, -0.05) is 26.8 Å². The molecular formula is C17H29N3O. The third-order valence-electron chi connectivity index (χ3n) is 3.92. The van der Waals surface area contributed by atoms with Crippen molar-refractivity contribution >= 4 is 0 Å². The molecule has 4 heteroatoms. The van der Waals surface area contributed by atoms with Crippen molar-refractivity contribution in [2.75, 3.05) is 19.7 Å². The van der Waals surface area contributed by atoms with E-state index in [1.165, 1.54) is 18.4 Å². The Morgan fingerprint density at radius 1 is 1.43 bits per heavy atom. The lowest BCUT2D eigenvalue weighted by Gasteiger charge is -2.23. The van der Waals surface area contributed by atoms with E-state index in [1.54, 1.807) is 0 Å². The number of nitrogens with one attached hydrogen (secondary N) is 1. The first kappa shape index (κ1) is 16.4. The van der Waals surface area contributed by atoms with Gasteiger partial charge in [0.25, 0.3) is 0 Å². The van der Waals surface area contributed by atoms with Crippen molar-refractivity contribution in [1.82, 2.24) is 15.2 Å². The van der Waals surface area contributed by atoms with Crippen LogP contribution in [0.1, 0.15) is 44.9 Å². The zero-order valence-corrected chi connectivity index (χ0v) is 13.6. The fourth-order valence-corrected chi connectivity index (χ4v) is 2.59. The van der Waals surface area contributed by atoms with Crippen molar-refractivity contribution in [3.63, 3.8) is 0 Å². The van der Waals surface area contributed by atoms with Gasteiger partial charge in [-0.2, -0.15) is 0 Å². The minimum absolute atomic E-state index is 0.416. The lowest BCUT2D eigenvalue weighted by atomic mass is 10.2. The average molecular weight is 291 g/mol. The second kappa shape index (κ2) is 8.47. The number of hydrogen-bond donors (Lipinski definition) is 1. The summed E-state index contributed by atoms with van der Waals surface area (Å²) in [4.78, 5) is 7.02. The molecule has 0 radical (unpaired) electrons. The van der Waals surface area contributed by atoms with Crippen molar-refractivity contribution < 1.29 is 4.74 Å². The van der Waals surface area contributed by atoms with E-state index in [9.17, 15) is 0 Å². The molecule has 0 spiro atoms. The minimum Gasteiger partial charge on any atom is -0.377 e. The molecule has 1 atom stereocenters. The Morgan fingerprint density at radius 3 is 2.86 bits per heavy atom. The van der Waals surface area contributed by atoms with E-state index in [0.717, 1.165) is 38.5 Å². The van der Waals surface area contributed by atoms with Crippen LogP contribution in [0.5, 0.6) is 0 Å². The van der Waals surface area contributed by atoms with Gasteiger partial charge < -0.3 is 10.1 Å². The van der Waals surface area contributed by atoms with E-state index in [4.69, 9.17) is 4.74 Å². The maximum absolute atomic E-state index is 5.73. The average Bonchev–Trinajstić information content (AvgIpc) is 2.98. The van der Waals surface area contributed by atoms with Gasteiger partial charge in [0, 0.05) is 38.5 Å². The highest BCUT2D eigenvalue weighted by atomic mass is 16.5. The lowest BCUT2D eigenvalue weighted by molar-refractivity contribution is 0.0721. The Labute approximate surface area is 128 Å². The predicted molar refractivity (Wildman–Crippen MR) is 86.1 cm³/mol. The molecule has 0 saturated carbocycles. The highest BCUT2D eigenvalue weighted by molar-refractivity contribution is 5.14. The van der Waals surface area contributed by atoms with Gasteiger partial charge in [-0.15, -0.1) is 0 Å². The monoisotopic (exact) mass is 291 g/mol. The molecule has 118 valence electrons. The van der Waals surface area contributed by atoms with Gasteiger partial charge in [0.15, 0.2) is 0 Å². The molecule has 1 aliphatic heterocycles. The van der Waals surface area contributed by atoms with Crippen LogP contribution in [0.15, 0.2) is 18.3 Å². The smallest absolute Gasteiger partial charge is 0.0702 e. The first-order chi connectivity index (χ1) is 10.2. The maximum atomic E-state index is 5.73. The molecule has 1 N–H and O–H groups in total. The molecule has 2 heterocycles. The van der Waals surface area contributed by atoms with Gasteiger partial charge in [0.05, 0.1) is 11.8 Å². The van der Waals surface area contributed by atoms with Crippen LogP contribution in [0.25, 0.3) is 0 Å². The van der Waals surface area contributed by atoms with Crippen molar-refractivity contribution in [3.8, 4) is 0 Å². The summed E-state index contributed by atoms with van der Waals surface area (Å²) < 4.78 is 5.73. The first-order valence-electron chi connectivity index (χ1n) is 8.18. The number of rotatable bonds is 8. The molecule has 1 aromatic heterocycles. The molecule has 21 heavy (non-hydrogen) atoms. The number of hydrogen-bond acceptors (Lipinski definition) is 4. The third-order valence-corrected chi connectivity index (χ3v) is 3.92. The zero-order chi connectivity index (χ0) is 15.1. The van der Waals surface area contributed by atoms with Gasteiger partial charge in [-0.05, 0) is 31.0 Å². The summed E-state index contributed by atoms with van der Waals surface area (Å²) in [5, 5.41) is 3.41. The molecule has 1 saturated heterocycles. The van der Waals surface area contributed by atoms with Gasteiger partial charge in [0.1, 0.15) is 0 Å². The summed E-state index contributed by atoms with van der Waals surface area (Å²) in [7, 11) is 0. The summed E-state index contributed by atoms with van der Waals surface area (Å²) in [6.07, 6.45) is 4.81. The van der Waals surface area contributed by atoms with Crippen LogP contribution in [0, 0.1) is 0 Å². The summed E-state index contributed by atoms with van der Waals surface area (Å²) in [5.74, 6) is 0. The predicted octanol–water partition coefficient (Wildman–Crippen LogP) is 2.58. The van der Waals surface area contributed by atoms with E-state index >= 15 is 0 Å². The van der Waals surface area contributed by atoms with E-state index in [0.29, 0.717) is 12.1 Å². The Balaban J connectivity index is 1.82. The topological polar surface area (TPSA) is 37.4 Å². The van der Waals surface area contributed by atoms with Crippen molar-refractivity contribution in [2.45, 2.75) is 58.8 Å². The van der Waals surface area contributed by atoms with E-state index in [1.807, 2.05) is 6.20 Å². The molecular weight excluding hydrogens is 262 g/mol. The SMILES string of the molecule is CCN(Cc1ccc(CNC(C)C)cn1)CC1CCCO1. The lowest BCUT2D eigenvalue weighted by Crippen LogP contribution is -2.32. The molecule has 0 aliphatic carbocycles. The van der Waals surface area contributed by atoms with Crippen LogP contribution in [0.2, 0.25) is 0 Å². The standard InChI is InChI=1S/C17H29N3O/c1-4-20(13-17-6-5-9-21-17)12-16-8-7-15(11-19-16)10-18-14(2)3/h7-8,11,14,17-18H,4-6,9-10,12-13H2,1-3H3. The Kier molecular flexibility index (Phi) is 6.61. The maximum Gasteiger partial charge on any atom is 0.0702 e. The highest BCUT2D eigenvalue weighted by Gasteiger charge is 2.18. The van der Waals surface area contributed by atoms with Crippen LogP contribution in [-0.2, 0) is 17.8 Å². The fourth-order valence-electron chi connectivity index (χ4n) is 2.59. The zero-order valence-electron chi connectivity index (χ0n) is 13.6. The number of nitrogens with zero attached hydrogens (tertiary/aromatic N) is 2. The van der Waals surface area contributed by atoms with Gasteiger partial charge in [0.2, 0.25) is 0 Å². The molecule has 1 aliphatic rings. The number of likely N-dealkylation sites (N-methyl/N-ethyl adjacent to an activating group) is 1. The summed E-state index contributed by atoms with van der Waals surface area (Å²) in [6.45, 7) is 11.3. The molecule has 0 amide bonds. The molecule has 1 fully saturated rings. The fraction of sp³-hybridized carbons (Fsp3) is 0.706. The number of aromatic nitrogens is 1. The highest BCUT2D eigenvalue weighted by Crippen LogP contribution is 2.14. The summed E-state index contributed by atoms with van der Waals surface area (Å²) >= 11 is 0. The van der Waals surface area contributed by atoms with Gasteiger partial charge in [-0.25, -0.2) is 0 Å². The van der Waals surface area contributed by atoms with Gasteiger partial charge >= 0.3 is 0 Å². The van der Waals surface area contributed by atoms with E-state index < -0.39 is 0 Å². The second-order valence-electron chi connectivity index (χ2n) is 6.16. The van der Waals surface area contributed by atoms with Crippen LogP contribution >= 0.6 is 0 Å². The van der Waals surface area contributed by atoms with E-state index in [2.05, 4.69) is 48.1 Å². The normalized spacial score (nSPS) is 18.8. The molecule has 1 aromatic rings. The summed E-state index contributed by atoms with van der Waals surface area (Å²) in [5.41, 5.74) is 2.39. The number of pyridine rings is 1. The Morgan fingerprint density at radius 2 is 2.29 bits per heavy atom. The van der Waals surface area contributed by atoms with Crippen molar-refractivity contribution in [2.24, 2.45) is 0 Å². The molecule has 1 unspecified atom stereocenters. The first-order valence-corrected chi connectivity index (χ1v) is 8.18. The van der Waals surface area contributed by atoms with E-state index in [-0.39, 0.29) is 0 Å².